The second-order valence-electron chi connectivity index (χ2n) is 6.59. The normalized spacial score (nSPS) is 12.0. The van der Waals surface area contributed by atoms with Gasteiger partial charge in [0.05, 0.1) is 11.4 Å². The van der Waals surface area contributed by atoms with Crippen molar-refractivity contribution in [3.63, 3.8) is 0 Å². The van der Waals surface area contributed by atoms with E-state index in [0.29, 0.717) is 11.3 Å². The van der Waals surface area contributed by atoms with Crippen LogP contribution in [0.2, 0.25) is 5.02 Å². The number of aryl methyl sites for hydroxylation is 1. The van der Waals surface area contributed by atoms with Gasteiger partial charge in [-0.2, -0.15) is 0 Å². The van der Waals surface area contributed by atoms with Crippen LogP contribution >= 0.6 is 19.4 Å². The first-order valence-electron chi connectivity index (χ1n) is 9.04. The molecule has 33 heavy (non-hydrogen) atoms. The number of alkyl halides is 3. The second kappa shape index (κ2) is 9.58. The van der Waals surface area contributed by atoms with E-state index in [0.717, 1.165) is 12.1 Å². The molecule has 2 aromatic carbocycles. The lowest BCUT2D eigenvalue weighted by Crippen LogP contribution is -2.16. The van der Waals surface area contributed by atoms with E-state index in [1.807, 2.05) is 0 Å². The number of pyridine rings is 1. The summed E-state index contributed by atoms with van der Waals surface area (Å²) in [7, 11) is -4.79. The van der Waals surface area contributed by atoms with E-state index in [1.165, 1.54) is 43.3 Å². The summed E-state index contributed by atoms with van der Waals surface area (Å²) in [4.78, 5) is 22.1. The van der Waals surface area contributed by atoms with Gasteiger partial charge in [-0.15, -0.1) is 13.2 Å². The molecule has 0 fully saturated rings. The molecule has 0 atom stereocenters. The molecule has 0 unspecified atom stereocenters. The third-order valence-corrected chi connectivity index (χ3v) is 5.08. The first kappa shape index (κ1) is 24.8. The SMILES string of the molecule is Cc1nc(COP(=O)(O)O)c(-c2ccc(Oc3ccc(OC(F)(F)F)cc3)cc2)c(O)c1Cl. The zero-order chi connectivity index (χ0) is 24.4. The van der Waals surface area contributed by atoms with Crippen molar-refractivity contribution in [2.24, 2.45) is 0 Å². The Morgan fingerprint density at radius 2 is 1.52 bits per heavy atom. The Bertz CT molecular complexity index is 1180. The first-order valence-corrected chi connectivity index (χ1v) is 11.0. The van der Waals surface area contributed by atoms with Gasteiger partial charge in [-0.25, -0.2) is 4.57 Å². The molecule has 0 amide bonds. The summed E-state index contributed by atoms with van der Waals surface area (Å²) in [6.45, 7) is 0.921. The van der Waals surface area contributed by atoms with Crippen molar-refractivity contribution in [3.05, 3.63) is 64.9 Å². The van der Waals surface area contributed by atoms with E-state index in [2.05, 4.69) is 14.2 Å². The molecular formula is C20H16ClF3NO7P. The number of benzene rings is 2. The molecule has 0 radical (unpaired) electrons. The molecule has 0 saturated heterocycles. The lowest BCUT2D eigenvalue weighted by molar-refractivity contribution is -0.274. The summed E-state index contributed by atoms with van der Waals surface area (Å²) in [5, 5.41) is 10.5. The summed E-state index contributed by atoms with van der Waals surface area (Å²) >= 11 is 6.07. The van der Waals surface area contributed by atoms with E-state index >= 15 is 0 Å². The number of aromatic hydroxyl groups is 1. The topological polar surface area (TPSA) is 118 Å². The maximum absolute atomic E-state index is 12.2. The molecule has 0 aliphatic rings. The van der Waals surface area contributed by atoms with Crippen LogP contribution in [0.15, 0.2) is 48.5 Å². The van der Waals surface area contributed by atoms with Crippen LogP contribution in [0.5, 0.6) is 23.0 Å². The van der Waals surface area contributed by atoms with Gasteiger partial charge in [0.1, 0.15) is 34.6 Å². The number of nitrogens with zero attached hydrogens (tertiary/aromatic N) is 1. The molecule has 0 bridgehead atoms. The first-order chi connectivity index (χ1) is 15.3. The quantitative estimate of drug-likeness (QED) is 0.349. The minimum Gasteiger partial charge on any atom is -0.506 e. The molecule has 0 aliphatic heterocycles. The van der Waals surface area contributed by atoms with E-state index in [4.69, 9.17) is 26.1 Å². The predicted octanol–water partition coefficient (Wildman–Crippen LogP) is 5.72. The number of hydrogen-bond acceptors (Lipinski definition) is 6. The molecule has 3 rings (SSSR count). The van der Waals surface area contributed by atoms with Gasteiger partial charge in [-0.05, 0) is 48.9 Å². The largest absolute Gasteiger partial charge is 0.573 e. The van der Waals surface area contributed by atoms with Crippen molar-refractivity contribution < 1.29 is 46.6 Å². The fourth-order valence-electron chi connectivity index (χ4n) is 2.81. The Morgan fingerprint density at radius 1 is 1.00 bits per heavy atom. The molecule has 0 spiro atoms. The van der Waals surface area contributed by atoms with Gasteiger partial charge in [0, 0.05) is 5.56 Å². The number of ether oxygens (including phenoxy) is 2. The van der Waals surface area contributed by atoms with Gasteiger partial charge in [0.25, 0.3) is 0 Å². The van der Waals surface area contributed by atoms with Crippen molar-refractivity contribution in [1.82, 2.24) is 4.98 Å². The van der Waals surface area contributed by atoms with Crippen molar-refractivity contribution in [2.45, 2.75) is 19.9 Å². The predicted molar refractivity (Wildman–Crippen MR) is 111 cm³/mol. The Balaban J connectivity index is 1.83. The van der Waals surface area contributed by atoms with E-state index in [9.17, 15) is 22.8 Å². The molecule has 176 valence electrons. The van der Waals surface area contributed by atoms with Crippen LogP contribution in [-0.2, 0) is 15.7 Å². The third-order valence-electron chi connectivity index (χ3n) is 4.16. The smallest absolute Gasteiger partial charge is 0.506 e. The molecule has 3 N–H and O–H groups in total. The van der Waals surface area contributed by atoms with Gasteiger partial charge >= 0.3 is 14.2 Å². The van der Waals surface area contributed by atoms with Crippen LogP contribution in [0.3, 0.4) is 0 Å². The van der Waals surface area contributed by atoms with Crippen molar-refractivity contribution in [1.29, 1.82) is 0 Å². The van der Waals surface area contributed by atoms with Crippen molar-refractivity contribution in [2.75, 3.05) is 0 Å². The molecular weight excluding hydrogens is 490 g/mol. The Hall–Kier alpha value is -2.82. The highest BCUT2D eigenvalue weighted by molar-refractivity contribution is 7.46. The van der Waals surface area contributed by atoms with Crippen LogP contribution in [-0.4, -0.2) is 26.2 Å². The molecule has 8 nitrogen and oxygen atoms in total. The monoisotopic (exact) mass is 505 g/mol. The number of phosphoric ester groups is 1. The van der Waals surface area contributed by atoms with E-state index in [-0.39, 0.29) is 33.5 Å². The van der Waals surface area contributed by atoms with Crippen molar-refractivity contribution >= 4 is 19.4 Å². The highest BCUT2D eigenvalue weighted by Gasteiger charge is 2.31. The molecule has 0 saturated carbocycles. The fraction of sp³-hybridized carbons (Fsp3) is 0.150. The zero-order valence-electron chi connectivity index (χ0n) is 16.7. The van der Waals surface area contributed by atoms with E-state index in [1.54, 1.807) is 0 Å². The molecule has 3 aromatic rings. The van der Waals surface area contributed by atoms with Crippen molar-refractivity contribution in [3.8, 4) is 34.1 Å². The summed E-state index contributed by atoms with van der Waals surface area (Å²) < 4.78 is 61.7. The van der Waals surface area contributed by atoms with Crippen LogP contribution in [0, 0.1) is 6.92 Å². The fourth-order valence-corrected chi connectivity index (χ4v) is 3.24. The number of hydrogen-bond donors (Lipinski definition) is 3. The Morgan fingerprint density at radius 3 is 2.03 bits per heavy atom. The van der Waals surface area contributed by atoms with Crippen LogP contribution < -0.4 is 9.47 Å². The zero-order valence-corrected chi connectivity index (χ0v) is 18.4. The van der Waals surface area contributed by atoms with Gasteiger partial charge in [-0.3, -0.25) is 9.51 Å². The minimum absolute atomic E-state index is 0.0357. The minimum atomic E-state index is -4.80. The van der Waals surface area contributed by atoms with Gasteiger partial charge in [-0.1, -0.05) is 23.7 Å². The number of halogens is 4. The average Bonchev–Trinajstić information content (AvgIpc) is 2.71. The third kappa shape index (κ3) is 6.83. The van der Waals surface area contributed by atoms with E-state index < -0.39 is 26.5 Å². The summed E-state index contributed by atoms with van der Waals surface area (Å²) in [6, 6.07) is 10.9. The number of rotatable bonds is 7. The highest BCUT2D eigenvalue weighted by atomic mass is 35.5. The van der Waals surface area contributed by atoms with Crippen LogP contribution in [0.25, 0.3) is 11.1 Å². The standard InChI is InChI=1S/C20H16ClF3NO7P/c1-11-18(21)19(26)17(16(25-11)10-30-33(27,28)29)12-2-4-13(5-3-12)31-14-6-8-15(9-7-14)32-20(22,23)24/h2-9H,10H2,1H3,(H,25,26)(H2,27,28,29). The molecule has 1 aromatic heterocycles. The Labute approximate surface area is 190 Å². The summed E-state index contributed by atoms with van der Waals surface area (Å²) in [5.41, 5.74) is 0.790. The molecule has 1 heterocycles. The maximum atomic E-state index is 12.2. The highest BCUT2D eigenvalue weighted by Crippen LogP contribution is 2.42. The molecule has 13 heteroatoms. The van der Waals surface area contributed by atoms with Gasteiger partial charge in [0.2, 0.25) is 0 Å². The van der Waals surface area contributed by atoms with Crippen LogP contribution in [0.1, 0.15) is 11.4 Å². The summed E-state index contributed by atoms with van der Waals surface area (Å²) in [6.07, 6.45) is -4.80. The maximum Gasteiger partial charge on any atom is 0.573 e. The second-order valence-corrected chi connectivity index (χ2v) is 8.21. The number of aromatic nitrogens is 1. The molecule has 0 aliphatic carbocycles. The van der Waals surface area contributed by atoms with Crippen LogP contribution in [0.4, 0.5) is 13.2 Å². The summed E-state index contributed by atoms with van der Waals surface area (Å²) in [5.74, 6) is -0.172. The van der Waals surface area contributed by atoms with Gasteiger partial charge < -0.3 is 24.4 Å². The number of phosphoric acid groups is 1. The van der Waals surface area contributed by atoms with Gasteiger partial charge in [0.15, 0.2) is 0 Å². The Kier molecular flexibility index (Phi) is 7.20. The average molecular weight is 506 g/mol. The lowest BCUT2D eigenvalue weighted by Gasteiger charge is -2.15. The lowest BCUT2D eigenvalue weighted by atomic mass is 10.0.